The molecule has 2 rings (SSSR count). The Bertz CT molecular complexity index is 536. The first-order valence-electron chi connectivity index (χ1n) is 6.06. The lowest BCUT2D eigenvalue weighted by Gasteiger charge is -2.15. The maximum atomic E-state index is 10.3. The topological polar surface area (TPSA) is 38.0 Å². The standard InChI is InChI=1S/C14H17BrN2O/c1-3-17-8-7-16-14(17)9-13(18)11-5-4-6-12(15)10(11)2/h4-8,13,18H,3,9H2,1-2H3. The number of hydrogen-bond donors (Lipinski definition) is 1. The average molecular weight is 309 g/mol. The molecule has 1 N–H and O–H groups in total. The van der Waals surface area contributed by atoms with Gasteiger partial charge in [-0.05, 0) is 31.0 Å². The lowest BCUT2D eigenvalue weighted by molar-refractivity contribution is 0.173. The first-order valence-corrected chi connectivity index (χ1v) is 6.85. The zero-order chi connectivity index (χ0) is 13.1. The van der Waals surface area contributed by atoms with Gasteiger partial charge in [0.2, 0.25) is 0 Å². The third-order valence-electron chi connectivity index (χ3n) is 3.19. The summed E-state index contributed by atoms with van der Waals surface area (Å²) < 4.78 is 3.08. The van der Waals surface area contributed by atoms with E-state index in [9.17, 15) is 5.11 Å². The van der Waals surface area contributed by atoms with Gasteiger partial charge in [-0.15, -0.1) is 0 Å². The maximum absolute atomic E-state index is 10.3. The second kappa shape index (κ2) is 5.67. The van der Waals surface area contributed by atoms with Crippen molar-refractivity contribution in [3.8, 4) is 0 Å². The van der Waals surface area contributed by atoms with E-state index in [1.165, 1.54) is 0 Å². The molecule has 1 unspecified atom stereocenters. The molecule has 96 valence electrons. The molecular weight excluding hydrogens is 292 g/mol. The second-order valence-corrected chi connectivity index (χ2v) is 5.16. The molecule has 1 heterocycles. The minimum absolute atomic E-state index is 0.518. The summed E-state index contributed by atoms with van der Waals surface area (Å²) in [5, 5.41) is 10.3. The molecule has 0 radical (unpaired) electrons. The summed E-state index contributed by atoms with van der Waals surface area (Å²) in [7, 11) is 0. The first-order chi connectivity index (χ1) is 8.63. The van der Waals surface area contributed by atoms with Gasteiger partial charge in [-0.1, -0.05) is 28.1 Å². The van der Waals surface area contributed by atoms with Crippen LogP contribution in [0.25, 0.3) is 0 Å². The molecule has 0 aliphatic rings. The summed E-state index contributed by atoms with van der Waals surface area (Å²) in [4.78, 5) is 4.30. The molecule has 0 saturated heterocycles. The first kappa shape index (κ1) is 13.3. The summed E-state index contributed by atoms with van der Waals surface area (Å²) in [5.41, 5.74) is 2.04. The molecule has 0 aliphatic heterocycles. The largest absolute Gasteiger partial charge is 0.388 e. The number of imidazole rings is 1. The molecule has 0 fully saturated rings. The van der Waals surface area contributed by atoms with E-state index < -0.39 is 6.10 Å². The van der Waals surface area contributed by atoms with E-state index in [1.54, 1.807) is 6.20 Å². The van der Waals surface area contributed by atoms with Crippen LogP contribution in [0.15, 0.2) is 35.1 Å². The van der Waals surface area contributed by atoms with Crippen LogP contribution in [-0.2, 0) is 13.0 Å². The molecular formula is C14H17BrN2O. The van der Waals surface area contributed by atoms with Gasteiger partial charge in [-0.25, -0.2) is 4.98 Å². The van der Waals surface area contributed by atoms with Crippen molar-refractivity contribution in [3.63, 3.8) is 0 Å². The molecule has 1 atom stereocenters. The van der Waals surface area contributed by atoms with Crippen molar-refractivity contribution in [1.82, 2.24) is 9.55 Å². The predicted octanol–water partition coefficient (Wildman–Crippen LogP) is 3.25. The van der Waals surface area contributed by atoms with Crippen molar-refractivity contribution in [1.29, 1.82) is 0 Å². The molecule has 2 aromatic rings. The van der Waals surface area contributed by atoms with Crippen molar-refractivity contribution in [2.45, 2.75) is 32.9 Å². The molecule has 0 saturated carbocycles. The minimum Gasteiger partial charge on any atom is -0.388 e. The Morgan fingerprint density at radius 1 is 1.44 bits per heavy atom. The highest BCUT2D eigenvalue weighted by molar-refractivity contribution is 9.10. The van der Waals surface area contributed by atoms with Crippen LogP contribution in [0.4, 0.5) is 0 Å². The SMILES string of the molecule is CCn1ccnc1CC(O)c1cccc(Br)c1C. The number of aliphatic hydroxyl groups excluding tert-OH is 1. The molecule has 4 heteroatoms. The third kappa shape index (κ3) is 2.65. The molecule has 18 heavy (non-hydrogen) atoms. The fourth-order valence-corrected chi connectivity index (χ4v) is 2.47. The number of benzene rings is 1. The van der Waals surface area contributed by atoms with E-state index in [1.807, 2.05) is 31.3 Å². The van der Waals surface area contributed by atoms with Crippen molar-refractivity contribution in [2.75, 3.05) is 0 Å². The number of nitrogens with zero attached hydrogens (tertiary/aromatic N) is 2. The smallest absolute Gasteiger partial charge is 0.111 e. The van der Waals surface area contributed by atoms with Gasteiger partial charge < -0.3 is 9.67 Å². The van der Waals surface area contributed by atoms with Gasteiger partial charge in [0.15, 0.2) is 0 Å². The monoisotopic (exact) mass is 308 g/mol. The zero-order valence-corrected chi connectivity index (χ0v) is 12.2. The lowest BCUT2D eigenvalue weighted by Crippen LogP contribution is -2.09. The Morgan fingerprint density at radius 2 is 2.22 bits per heavy atom. The Hall–Kier alpha value is -1.13. The van der Waals surface area contributed by atoms with Crippen molar-refractivity contribution < 1.29 is 5.11 Å². The molecule has 1 aromatic carbocycles. The van der Waals surface area contributed by atoms with Crippen LogP contribution in [0.1, 0.15) is 30.0 Å². The molecule has 0 amide bonds. The van der Waals surface area contributed by atoms with E-state index >= 15 is 0 Å². The molecule has 1 aromatic heterocycles. The molecule has 0 spiro atoms. The number of aryl methyl sites for hydroxylation is 1. The highest BCUT2D eigenvalue weighted by Crippen LogP contribution is 2.26. The minimum atomic E-state index is -0.518. The number of aliphatic hydroxyl groups is 1. The molecule has 0 aliphatic carbocycles. The van der Waals surface area contributed by atoms with Crippen molar-refractivity contribution >= 4 is 15.9 Å². The molecule has 0 bridgehead atoms. The number of aromatic nitrogens is 2. The van der Waals surface area contributed by atoms with Crippen LogP contribution >= 0.6 is 15.9 Å². The average Bonchev–Trinajstić information content (AvgIpc) is 2.79. The summed E-state index contributed by atoms with van der Waals surface area (Å²) in [5.74, 6) is 0.921. The Labute approximate surface area is 116 Å². The van der Waals surface area contributed by atoms with Gasteiger partial charge in [-0.2, -0.15) is 0 Å². The van der Waals surface area contributed by atoms with E-state index in [4.69, 9.17) is 0 Å². The fraction of sp³-hybridized carbons (Fsp3) is 0.357. The summed E-state index contributed by atoms with van der Waals surface area (Å²) in [6, 6.07) is 5.89. The van der Waals surface area contributed by atoms with Crippen molar-refractivity contribution in [2.24, 2.45) is 0 Å². The van der Waals surface area contributed by atoms with Crippen LogP contribution < -0.4 is 0 Å². The van der Waals surface area contributed by atoms with E-state index in [0.717, 1.165) is 28.0 Å². The van der Waals surface area contributed by atoms with Crippen LogP contribution in [0, 0.1) is 6.92 Å². The second-order valence-electron chi connectivity index (χ2n) is 4.30. The Morgan fingerprint density at radius 3 is 2.94 bits per heavy atom. The quantitative estimate of drug-likeness (QED) is 0.941. The lowest BCUT2D eigenvalue weighted by atomic mass is 10.0. The van der Waals surface area contributed by atoms with Crippen molar-refractivity contribution in [3.05, 3.63) is 52.0 Å². The van der Waals surface area contributed by atoms with Gasteiger partial charge in [0.25, 0.3) is 0 Å². The van der Waals surface area contributed by atoms with Crippen LogP contribution in [0.3, 0.4) is 0 Å². The van der Waals surface area contributed by atoms with E-state index in [-0.39, 0.29) is 0 Å². The third-order valence-corrected chi connectivity index (χ3v) is 4.05. The Kier molecular flexibility index (Phi) is 4.19. The van der Waals surface area contributed by atoms with E-state index in [2.05, 4.69) is 32.4 Å². The predicted molar refractivity (Wildman–Crippen MR) is 75.4 cm³/mol. The van der Waals surface area contributed by atoms with E-state index in [0.29, 0.717) is 6.42 Å². The Balaban J connectivity index is 2.22. The number of hydrogen-bond acceptors (Lipinski definition) is 2. The van der Waals surface area contributed by atoms with Gasteiger partial charge in [0.1, 0.15) is 5.82 Å². The highest BCUT2D eigenvalue weighted by atomic mass is 79.9. The summed E-state index contributed by atoms with van der Waals surface area (Å²) in [6.45, 7) is 4.95. The normalized spacial score (nSPS) is 12.7. The summed E-state index contributed by atoms with van der Waals surface area (Å²) in [6.07, 6.45) is 3.74. The van der Waals surface area contributed by atoms with Gasteiger partial charge in [0, 0.05) is 29.8 Å². The van der Waals surface area contributed by atoms with Crippen LogP contribution in [0.5, 0.6) is 0 Å². The van der Waals surface area contributed by atoms with Gasteiger partial charge >= 0.3 is 0 Å². The number of rotatable bonds is 4. The van der Waals surface area contributed by atoms with Gasteiger partial charge in [-0.3, -0.25) is 0 Å². The number of halogens is 1. The van der Waals surface area contributed by atoms with Gasteiger partial charge in [0.05, 0.1) is 6.10 Å². The highest BCUT2D eigenvalue weighted by Gasteiger charge is 2.15. The zero-order valence-electron chi connectivity index (χ0n) is 10.6. The van der Waals surface area contributed by atoms with Crippen LogP contribution in [0.2, 0.25) is 0 Å². The summed E-state index contributed by atoms with van der Waals surface area (Å²) >= 11 is 3.49. The fourth-order valence-electron chi connectivity index (χ4n) is 2.09. The molecule has 3 nitrogen and oxygen atoms in total. The maximum Gasteiger partial charge on any atom is 0.111 e. The van der Waals surface area contributed by atoms with Crippen LogP contribution in [-0.4, -0.2) is 14.7 Å².